The van der Waals surface area contributed by atoms with Crippen LogP contribution in [-0.2, 0) is 33.6 Å². The summed E-state index contributed by atoms with van der Waals surface area (Å²) in [6, 6.07) is -5.45. The Bertz CT molecular complexity index is 1420. The second-order valence-corrected chi connectivity index (χ2v) is 15.6. The van der Waals surface area contributed by atoms with Gasteiger partial charge in [-0.15, -0.1) is 0 Å². The lowest BCUT2D eigenvalue weighted by Gasteiger charge is -2.32. The highest BCUT2D eigenvalue weighted by atomic mass is 33.1. The van der Waals surface area contributed by atoms with Gasteiger partial charge in [0.25, 0.3) is 0 Å². The number of carbonyl (C=O) groups is 7. The first-order chi connectivity index (χ1) is 24.5. The Hall–Kier alpha value is -3.83. The Morgan fingerprint density at radius 2 is 1.51 bits per heavy atom. The van der Waals surface area contributed by atoms with Crippen molar-refractivity contribution in [3.8, 4) is 0 Å². The second kappa shape index (κ2) is 19.7. The highest BCUT2D eigenvalue weighted by Gasteiger charge is 2.43. The summed E-state index contributed by atoms with van der Waals surface area (Å²) in [6.07, 6.45) is 9.14. The normalized spacial score (nSPS) is 29.4. The van der Waals surface area contributed by atoms with E-state index < -0.39 is 65.8 Å². The van der Waals surface area contributed by atoms with E-state index in [-0.39, 0.29) is 44.0 Å². The van der Waals surface area contributed by atoms with Gasteiger partial charge in [0.1, 0.15) is 30.2 Å². The lowest BCUT2D eigenvalue weighted by molar-refractivity contribution is -0.147. The molecule has 4 aliphatic heterocycles. The second-order valence-electron chi connectivity index (χ2n) is 12.9. The summed E-state index contributed by atoms with van der Waals surface area (Å²) in [7, 11) is 2.97. The molecule has 4 heterocycles. The van der Waals surface area contributed by atoms with E-state index in [1.807, 2.05) is 13.0 Å². The van der Waals surface area contributed by atoms with Crippen LogP contribution in [0.5, 0.6) is 0 Å². The molecule has 3 saturated heterocycles. The third-order valence-corrected chi connectivity index (χ3v) is 11.5. The van der Waals surface area contributed by atoms with Gasteiger partial charge in [-0.3, -0.25) is 33.6 Å². The molecule has 0 aromatic carbocycles. The topological polar surface area (TPSA) is 206 Å². The molecule has 51 heavy (non-hydrogen) atoms. The maximum Gasteiger partial charge on any atom is 0.246 e. The van der Waals surface area contributed by atoms with E-state index in [0.717, 1.165) is 0 Å². The maximum absolute atomic E-state index is 13.8. The zero-order valence-corrected chi connectivity index (χ0v) is 30.7. The van der Waals surface area contributed by atoms with Crippen molar-refractivity contribution in [2.45, 2.75) is 102 Å². The molecule has 0 aromatic rings. The van der Waals surface area contributed by atoms with Gasteiger partial charge in [-0.2, -0.15) is 0 Å². The largest absolute Gasteiger partial charge is 0.391 e. The van der Waals surface area contributed by atoms with Crippen LogP contribution in [0.15, 0.2) is 36.1 Å². The number of fused-ring (bicyclic) bond motifs is 5. The molecule has 4 rings (SSSR count). The van der Waals surface area contributed by atoms with Crippen molar-refractivity contribution in [2.24, 2.45) is 0 Å². The molecule has 5 unspecified atom stereocenters. The molecule has 0 radical (unpaired) electrons. The fourth-order valence-electron chi connectivity index (χ4n) is 6.43. The lowest BCUT2D eigenvalue weighted by atomic mass is 10.0. The minimum Gasteiger partial charge on any atom is -0.391 e. The minimum absolute atomic E-state index is 0.0248. The predicted molar refractivity (Wildman–Crippen MR) is 194 cm³/mol. The molecule has 280 valence electrons. The molecule has 17 heteroatoms. The Kier molecular flexibility index (Phi) is 15.4. The molecule has 3 fully saturated rings. The van der Waals surface area contributed by atoms with Crippen LogP contribution < -0.4 is 26.6 Å². The Morgan fingerprint density at radius 3 is 2.25 bits per heavy atom. The molecular weight excluding hydrogens is 699 g/mol. The fourth-order valence-corrected chi connectivity index (χ4v) is 8.32. The molecule has 6 atom stereocenters. The minimum atomic E-state index is -1.50. The average molecular weight is 748 g/mol. The first-order valence-electron chi connectivity index (χ1n) is 17.5. The molecular formula is C34H49N7O8S2. The maximum atomic E-state index is 13.8. The summed E-state index contributed by atoms with van der Waals surface area (Å²) >= 11 is 0. The molecule has 2 bridgehead atoms. The fraction of sp³-hybridized carbons (Fsp3) is 0.618. The number of allylic oxidation sites excluding steroid dienone is 4. The highest BCUT2D eigenvalue weighted by molar-refractivity contribution is 8.76. The molecule has 0 aliphatic carbocycles. The van der Waals surface area contributed by atoms with Crippen molar-refractivity contribution in [1.29, 1.82) is 0 Å². The number of nitrogens with one attached hydrogen (secondary N) is 5. The SMILES string of the molecule is C/C=C\C=C/C1=CNC(=O)CCC2NC(=O)C(C(C)O)NC(=O)C3CCCN3C(=O)C3CCCN3C(=O)CCSSCCNC(=O)[C@H](C1)NC2=O. The van der Waals surface area contributed by atoms with Crippen LogP contribution in [0.25, 0.3) is 0 Å². The van der Waals surface area contributed by atoms with E-state index in [1.54, 1.807) is 23.1 Å². The first-order valence-corrected chi connectivity index (χ1v) is 20.0. The molecule has 4 aliphatic rings. The van der Waals surface area contributed by atoms with E-state index in [4.69, 9.17) is 0 Å². The lowest BCUT2D eigenvalue weighted by Crippen LogP contribution is -2.61. The van der Waals surface area contributed by atoms with E-state index in [1.165, 1.54) is 39.6 Å². The predicted octanol–water partition coefficient (Wildman–Crippen LogP) is 0.0212. The van der Waals surface area contributed by atoms with Crippen molar-refractivity contribution >= 4 is 62.9 Å². The van der Waals surface area contributed by atoms with Crippen LogP contribution in [0, 0.1) is 0 Å². The van der Waals surface area contributed by atoms with Gasteiger partial charge in [0.05, 0.1) is 6.10 Å². The van der Waals surface area contributed by atoms with E-state index in [2.05, 4.69) is 26.6 Å². The highest BCUT2D eigenvalue weighted by Crippen LogP contribution is 2.27. The van der Waals surface area contributed by atoms with Crippen LogP contribution in [0.2, 0.25) is 0 Å². The first kappa shape index (κ1) is 39.9. The number of nitrogens with zero attached hydrogens (tertiary/aromatic N) is 2. The van der Waals surface area contributed by atoms with Gasteiger partial charge in [-0.05, 0) is 51.5 Å². The van der Waals surface area contributed by atoms with Gasteiger partial charge in [0.15, 0.2) is 0 Å². The standard InChI is InChI=1S/C34H49N7O8S2/c1-3-4-5-8-22-19-24-30(45)35-14-18-51-50-17-13-28(44)40-15-7-10-26(40)34(49)41-16-6-9-25(41)32(47)39-29(21(2)42)33(48)37-23(31(46)38-24)11-12-27(43)36-20-22/h3-5,8,20-21,23-26,29,42H,6-7,9-19H2,1-2H3,(H,35,45)(H,36,43)(H,37,48)(H,38,46)(H,39,47)/b4-3-,8-5-,22-20?/t21?,23?,24-,25?,26?,29?/m0/s1. The van der Waals surface area contributed by atoms with Crippen LogP contribution in [0.3, 0.4) is 0 Å². The van der Waals surface area contributed by atoms with Gasteiger partial charge >= 0.3 is 0 Å². The number of hydrogen-bond acceptors (Lipinski definition) is 10. The number of carbonyl (C=O) groups excluding carboxylic acids is 7. The van der Waals surface area contributed by atoms with Gasteiger partial charge in [0.2, 0.25) is 41.4 Å². The van der Waals surface area contributed by atoms with E-state index in [0.29, 0.717) is 55.9 Å². The van der Waals surface area contributed by atoms with Crippen molar-refractivity contribution in [3.05, 3.63) is 36.1 Å². The van der Waals surface area contributed by atoms with Crippen LogP contribution >= 0.6 is 21.6 Å². The van der Waals surface area contributed by atoms with Crippen molar-refractivity contribution in [3.63, 3.8) is 0 Å². The number of amides is 7. The van der Waals surface area contributed by atoms with Crippen molar-refractivity contribution in [2.75, 3.05) is 31.1 Å². The molecule has 0 saturated carbocycles. The number of rotatable bonds is 3. The third kappa shape index (κ3) is 11.3. The van der Waals surface area contributed by atoms with Crippen molar-refractivity contribution < 1.29 is 38.7 Å². The molecule has 0 spiro atoms. The van der Waals surface area contributed by atoms with Gasteiger partial charge < -0.3 is 41.5 Å². The molecule has 7 amide bonds. The summed E-state index contributed by atoms with van der Waals surface area (Å²) in [4.78, 5) is 97.1. The number of aliphatic hydroxyl groups is 1. The summed E-state index contributed by atoms with van der Waals surface area (Å²) in [5.74, 6) is -2.55. The van der Waals surface area contributed by atoms with E-state index >= 15 is 0 Å². The van der Waals surface area contributed by atoms with Gasteiger partial charge in [-0.25, -0.2) is 0 Å². The van der Waals surface area contributed by atoms with Crippen molar-refractivity contribution in [1.82, 2.24) is 36.4 Å². The van der Waals surface area contributed by atoms with Crippen LogP contribution in [-0.4, -0.2) is 124 Å². The van der Waals surface area contributed by atoms with Crippen LogP contribution in [0.4, 0.5) is 0 Å². The van der Waals surface area contributed by atoms with E-state index in [9.17, 15) is 38.7 Å². The summed E-state index contributed by atoms with van der Waals surface area (Å²) < 4.78 is 0. The summed E-state index contributed by atoms with van der Waals surface area (Å²) in [6.45, 7) is 4.19. The van der Waals surface area contributed by atoms with Gasteiger partial charge in [-0.1, -0.05) is 45.9 Å². The molecule has 0 aromatic heterocycles. The molecule has 15 nitrogen and oxygen atoms in total. The zero-order chi connectivity index (χ0) is 36.9. The Balaban J connectivity index is 1.61. The molecule has 6 N–H and O–H groups in total. The number of aliphatic hydroxyl groups excluding tert-OH is 1. The third-order valence-electron chi connectivity index (χ3n) is 9.12. The monoisotopic (exact) mass is 747 g/mol. The van der Waals surface area contributed by atoms with Gasteiger partial charge in [0, 0.05) is 56.6 Å². The Labute approximate surface area is 306 Å². The number of hydrogen-bond donors (Lipinski definition) is 6. The zero-order valence-electron chi connectivity index (χ0n) is 29.1. The average Bonchev–Trinajstić information content (AvgIpc) is 3.80. The Morgan fingerprint density at radius 1 is 0.804 bits per heavy atom. The van der Waals surface area contributed by atoms with Crippen LogP contribution in [0.1, 0.15) is 65.2 Å². The summed E-state index contributed by atoms with van der Waals surface area (Å²) in [5, 5.41) is 24.0. The smallest absolute Gasteiger partial charge is 0.246 e. The summed E-state index contributed by atoms with van der Waals surface area (Å²) in [5.41, 5.74) is 0.563. The quantitative estimate of drug-likeness (QED) is 0.169.